The van der Waals surface area contributed by atoms with Gasteiger partial charge in [-0.2, -0.15) is 0 Å². The fourth-order valence-electron chi connectivity index (χ4n) is 3.64. The number of nitrogens with one attached hydrogen (secondary N) is 1. The molecule has 1 saturated heterocycles. The van der Waals surface area contributed by atoms with Gasteiger partial charge in [0.2, 0.25) is 0 Å². The average Bonchev–Trinajstić information content (AvgIpc) is 2.32. The van der Waals surface area contributed by atoms with Gasteiger partial charge >= 0.3 is 0 Å². The molecular weight excluding hydrogens is 222 g/mol. The van der Waals surface area contributed by atoms with Crippen molar-refractivity contribution in [2.24, 2.45) is 11.8 Å². The molecule has 2 atom stereocenters. The summed E-state index contributed by atoms with van der Waals surface area (Å²) in [5, 5.41) is 3.64. The van der Waals surface area contributed by atoms with E-state index < -0.39 is 0 Å². The van der Waals surface area contributed by atoms with Crippen molar-refractivity contribution in [3.8, 4) is 0 Å². The summed E-state index contributed by atoms with van der Waals surface area (Å²) in [6.07, 6.45) is 9.39. The highest BCUT2D eigenvalue weighted by Gasteiger charge is 2.42. The maximum Gasteiger partial charge on any atom is 0.0685 e. The summed E-state index contributed by atoms with van der Waals surface area (Å²) in [6, 6.07) is 0.704. The molecule has 1 saturated carbocycles. The maximum absolute atomic E-state index is 6.02. The average molecular weight is 253 g/mol. The van der Waals surface area contributed by atoms with Gasteiger partial charge in [0.25, 0.3) is 0 Å². The van der Waals surface area contributed by atoms with E-state index in [-0.39, 0.29) is 0 Å². The Bertz CT molecular complexity index is 247. The molecule has 2 aliphatic rings. The molecule has 2 nitrogen and oxygen atoms in total. The molecule has 2 fully saturated rings. The minimum atomic E-state index is 0.328. The first-order chi connectivity index (χ1) is 8.65. The number of hydrogen-bond donors (Lipinski definition) is 1. The Kier molecular flexibility index (Phi) is 5.08. The molecule has 2 heteroatoms. The third kappa shape index (κ3) is 3.48. The summed E-state index contributed by atoms with van der Waals surface area (Å²) in [4.78, 5) is 0. The first kappa shape index (κ1) is 14.3. The van der Waals surface area contributed by atoms with Crippen LogP contribution in [0.4, 0.5) is 0 Å². The SMILES string of the molecule is CCNC(CCC1CCOC2(CCC2)C1)C(C)C. The maximum atomic E-state index is 6.02. The molecular formula is C16H31NO. The second-order valence-corrected chi connectivity index (χ2v) is 6.73. The molecule has 0 bridgehead atoms. The Labute approximate surface area is 113 Å². The van der Waals surface area contributed by atoms with E-state index in [1.165, 1.54) is 44.9 Å². The van der Waals surface area contributed by atoms with Crippen LogP contribution in [0.25, 0.3) is 0 Å². The Hall–Kier alpha value is -0.0800. The van der Waals surface area contributed by atoms with Gasteiger partial charge in [-0.05, 0) is 63.3 Å². The molecule has 1 spiro atoms. The van der Waals surface area contributed by atoms with Crippen LogP contribution in [0.1, 0.15) is 65.7 Å². The normalized spacial score (nSPS) is 28.3. The largest absolute Gasteiger partial charge is 0.375 e. The van der Waals surface area contributed by atoms with Crippen molar-refractivity contribution in [2.45, 2.75) is 77.4 Å². The lowest BCUT2D eigenvalue weighted by molar-refractivity contribution is -0.144. The monoisotopic (exact) mass is 253 g/mol. The van der Waals surface area contributed by atoms with Crippen molar-refractivity contribution >= 4 is 0 Å². The highest BCUT2D eigenvalue weighted by molar-refractivity contribution is 4.94. The summed E-state index contributed by atoms with van der Waals surface area (Å²) in [6.45, 7) is 9.00. The number of hydrogen-bond acceptors (Lipinski definition) is 2. The lowest BCUT2D eigenvalue weighted by Gasteiger charge is -2.47. The smallest absolute Gasteiger partial charge is 0.0685 e. The highest BCUT2D eigenvalue weighted by atomic mass is 16.5. The predicted molar refractivity (Wildman–Crippen MR) is 76.8 cm³/mol. The number of ether oxygens (including phenoxy) is 1. The first-order valence-electron chi connectivity index (χ1n) is 8.02. The van der Waals surface area contributed by atoms with E-state index in [0.29, 0.717) is 11.6 Å². The van der Waals surface area contributed by atoms with Gasteiger partial charge in [-0.3, -0.25) is 0 Å². The topological polar surface area (TPSA) is 21.3 Å². The second kappa shape index (κ2) is 6.38. The van der Waals surface area contributed by atoms with Crippen LogP contribution in [0.2, 0.25) is 0 Å². The Morgan fingerprint density at radius 1 is 1.33 bits per heavy atom. The molecule has 1 aliphatic carbocycles. The van der Waals surface area contributed by atoms with Gasteiger partial charge in [0.15, 0.2) is 0 Å². The third-order valence-corrected chi connectivity index (χ3v) is 5.02. The van der Waals surface area contributed by atoms with Crippen LogP contribution in [-0.4, -0.2) is 24.8 Å². The molecule has 106 valence electrons. The van der Waals surface area contributed by atoms with Crippen LogP contribution in [-0.2, 0) is 4.74 Å². The molecule has 0 amide bonds. The van der Waals surface area contributed by atoms with E-state index in [1.807, 2.05) is 0 Å². The van der Waals surface area contributed by atoms with Crippen LogP contribution in [0.15, 0.2) is 0 Å². The van der Waals surface area contributed by atoms with Crippen LogP contribution < -0.4 is 5.32 Å². The summed E-state index contributed by atoms with van der Waals surface area (Å²) < 4.78 is 6.02. The minimum absolute atomic E-state index is 0.328. The van der Waals surface area contributed by atoms with E-state index in [1.54, 1.807) is 0 Å². The summed E-state index contributed by atoms with van der Waals surface area (Å²) in [5.74, 6) is 1.67. The quantitative estimate of drug-likeness (QED) is 0.778. The summed E-state index contributed by atoms with van der Waals surface area (Å²) in [5.41, 5.74) is 0.328. The zero-order chi connectivity index (χ0) is 13.0. The van der Waals surface area contributed by atoms with Crippen LogP contribution >= 0.6 is 0 Å². The van der Waals surface area contributed by atoms with Crippen molar-refractivity contribution < 1.29 is 4.74 Å². The summed E-state index contributed by atoms with van der Waals surface area (Å²) in [7, 11) is 0. The van der Waals surface area contributed by atoms with Crippen LogP contribution in [0, 0.1) is 11.8 Å². The van der Waals surface area contributed by atoms with E-state index in [4.69, 9.17) is 4.74 Å². The lowest BCUT2D eigenvalue weighted by Crippen LogP contribution is -2.45. The number of rotatable bonds is 6. The predicted octanol–water partition coefficient (Wildman–Crippen LogP) is 3.75. The minimum Gasteiger partial charge on any atom is -0.375 e. The van der Waals surface area contributed by atoms with E-state index in [9.17, 15) is 0 Å². The van der Waals surface area contributed by atoms with E-state index in [2.05, 4.69) is 26.1 Å². The van der Waals surface area contributed by atoms with E-state index >= 15 is 0 Å². The third-order valence-electron chi connectivity index (χ3n) is 5.02. The second-order valence-electron chi connectivity index (χ2n) is 6.73. The fourth-order valence-corrected chi connectivity index (χ4v) is 3.64. The lowest BCUT2D eigenvalue weighted by atomic mass is 9.71. The molecule has 1 aliphatic heterocycles. The van der Waals surface area contributed by atoms with Gasteiger partial charge < -0.3 is 10.1 Å². The van der Waals surface area contributed by atoms with Gasteiger partial charge in [0.05, 0.1) is 5.60 Å². The molecule has 0 aromatic carbocycles. The van der Waals surface area contributed by atoms with Crippen LogP contribution in [0.5, 0.6) is 0 Å². The van der Waals surface area contributed by atoms with Gasteiger partial charge in [-0.25, -0.2) is 0 Å². The van der Waals surface area contributed by atoms with Gasteiger partial charge in [0, 0.05) is 12.6 Å². The first-order valence-corrected chi connectivity index (χ1v) is 8.02. The molecule has 0 aromatic heterocycles. The van der Waals surface area contributed by atoms with Crippen molar-refractivity contribution in [3.63, 3.8) is 0 Å². The highest BCUT2D eigenvalue weighted by Crippen LogP contribution is 2.45. The summed E-state index contributed by atoms with van der Waals surface area (Å²) >= 11 is 0. The molecule has 2 unspecified atom stereocenters. The fraction of sp³-hybridized carbons (Fsp3) is 1.00. The molecule has 1 N–H and O–H groups in total. The van der Waals surface area contributed by atoms with Gasteiger partial charge in [-0.15, -0.1) is 0 Å². The zero-order valence-electron chi connectivity index (χ0n) is 12.5. The van der Waals surface area contributed by atoms with Gasteiger partial charge in [0.1, 0.15) is 0 Å². The molecule has 1 heterocycles. The Balaban J connectivity index is 1.74. The standard InChI is InChI=1S/C16H31NO/c1-4-17-15(13(2)3)7-6-14-8-11-18-16(12-14)9-5-10-16/h13-15,17H,4-12H2,1-3H3. The Morgan fingerprint density at radius 3 is 2.67 bits per heavy atom. The van der Waals surface area contributed by atoms with Crippen molar-refractivity contribution in [2.75, 3.05) is 13.2 Å². The Morgan fingerprint density at radius 2 is 2.11 bits per heavy atom. The van der Waals surface area contributed by atoms with Crippen LogP contribution in [0.3, 0.4) is 0 Å². The van der Waals surface area contributed by atoms with Crippen molar-refractivity contribution in [1.82, 2.24) is 5.32 Å². The molecule has 2 rings (SSSR count). The molecule has 18 heavy (non-hydrogen) atoms. The van der Waals surface area contributed by atoms with Gasteiger partial charge in [-0.1, -0.05) is 20.8 Å². The molecule has 0 aromatic rings. The zero-order valence-corrected chi connectivity index (χ0v) is 12.5. The van der Waals surface area contributed by atoms with Crippen molar-refractivity contribution in [1.29, 1.82) is 0 Å². The van der Waals surface area contributed by atoms with Crippen molar-refractivity contribution in [3.05, 3.63) is 0 Å². The molecule has 0 radical (unpaired) electrons. The van der Waals surface area contributed by atoms with E-state index in [0.717, 1.165) is 25.0 Å².